The van der Waals surface area contributed by atoms with Crippen molar-refractivity contribution in [2.75, 3.05) is 13.7 Å². The summed E-state index contributed by atoms with van der Waals surface area (Å²) in [7, 11) is 1.54. The van der Waals surface area contributed by atoms with Crippen molar-refractivity contribution in [2.45, 2.75) is 39.0 Å². The molecule has 0 aliphatic carbocycles. The Balaban J connectivity index is 2.42. The molecule has 0 saturated carbocycles. The molecule has 0 aliphatic heterocycles. The summed E-state index contributed by atoms with van der Waals surface area (Å²) in [5, 5.41) is 0. The minimum atomic E-state index is 0.0463. The van der Waals surface area contributed by atoms with Crippen molar-refractivity contribution >= 4 is 5.78 Å². The number of hydrogen-bond acceptors (Lipinski definition) is 2. The van der Waals surface area contributed by atoms with E-state index in [1.165, 1.54) is 31.2 Å². The molecule has 0 bridgehead atoms. The molecule has 1 aromatic carbocycles. The van der Waals surface area contributed by atoms with Crippen LogP contribution in [0.15, 0.2) is 24.3 Å². The molecular formula is C15H22O2. The van der Waals surface area contributed by atoms with E-state index >= 15 is 0 Å². The Labute approximate surface area is 104 Å². The van der Waals surface area contributed by atoms with Crippen LogP contribution in [0.3, 0.4) is 0 Å². The predicted octanol–water partition coefficient (Wildman–Crippen LogP) is 3.64. The molecule has 1 rings (SSSR count). The predicted molar refractivity (Wildman–Crippen MR) is 70.5 cm³/mol. The number of hydrogen-bond donors (Lipinski definition) is 0. The fourth-order valence-electron chi connectivity index (χ4n) is 1.83. The van der Waals surface area contributed by atoms with Gasteiger partial charge in [0.1, 0.15) is 6.61 Å². The Kier molecular flexibility index (Phi) is 6.56. The maximum absolute atomic E-state index is 11.5. The van der Waals surface area contributed by atoms with Gasteiger partial charge < -0.3 is 4.74 Å². The summed E-state index contributed by atoms with van der Waals surface area (Å²) in [4.78, 5) is 11.5. The average molecular weight is 234 g/mol. The zero-order valence-corrected chi connectivity index (χ0v) is 10.9. The Morgan fingerprint density at radius 3 is 2.41 bits per heavy atom. The minimum Gasteiger partial charge on any atom is -0.377 e. The van der Waals surface area contributed by atoms with Crippen LogP contribution in [0.1, 0.15) is 48.5 Å². The fraction of sp³-hybridized carbons (Fsp3) is 0.533. The first-order valence-corrected chi connectivity index (χ1v) is 6.39. The summed E-state index contributed by atoms with van der Waals surface area (Å²) in [5.74, 6) is 0.0463. The van der Waals surface area contributed by atoms with Crippen LogP contribution in [0.5, 0.6) is 0 Å². The molecule has 0 unspecified atom stereocenters. The maximum atomic E-state index is 11.5. The van der Waals surface area contributed by atoms with Gasteiger partial charge in [0, 0.05) is 12.7 Å². The molecule has 0 radical (unpaired) electrons. The van der Waals surface area contributed by atoms with Gasteiger partial charge in [-0.1, -0.05) is 50.5 Å². The quantitative estimate of drug-likeness (QED) is 0.507. The molecule has 0 spiro atoms. The third-order valence-corrected chi connectivity index (χ3v) is 2.87. The third kappa shape index (κ3) is 5.14. The van der Waals surface area contributed by atoms with Crippen molar-refractivity contribution in [2.24, 2.45) is 0 Å². The molecule has 0 amide bonds. The molecule has 0 saturated heterocycles. The van der Waals surface area contributed by atoms with E-state index in [9.17, 15) is 4.79 Å². The summed E-state index contributed by atoms with van der Waals surface area (Å²) in [6.45, 7) is 2.38. The molecule has 17 heavy (non-hydrogen) atoms. The lowest BCUT2D eigenvalue weighted by atomic mass is 10.0. The van der Waals surface area contributed by atoms with Gasteiger partial charge in [-0.15, -0.1) is 0 Å². The van der Waals surface area contributed by atoms with Gasteiger partial charge in [0.05, 0.1) is 0 Å². The first-order chi connectivity index (χ1) is 8.27. The lowest BCUT2D eigenvalue weighted by Gasteiger charge is -2.03. The number of ether oxygens (including phenoxy) is 1. The number of carbonyl (C=O) groups excluding carboxylic acids is 1. The minimum absolute atomic E-state index is 0.0463. The van der Waals surface area contributed by atoms with E-state index in [0.29, 0.717) is 0 Å². The molecular weight excluding hydrogens is 212 g/mol. The van der Waals surface area contributed by atoms with Gasteiger partial charge in [0.25, 0.3) is 0 Å². The first kappa shape index (κ1) is 13.9. The van der Waals surface area contributed by atoms with Gasteiger partial charge in [-0.2, -0.15) is 0 Å². The number of aryl methyl sites for hydroxylation is 1. The van der Waals surface area contributed by atoms with Crippen LogP contribution in [0.4, 0.5) is 0 Å². The van der Waals surface area contributed by atoms with Crippen molar-refractivity contribution in [1.29, 1.82) is 0 Å². The van der Waals surface area contributed by atoms with Crippen LogP contribution in [-0.2, 0) is 11.2 Å². The van der Waals surface area contributed by atoms with E-state index < -0.39 is 0 Å². The van der Waals surface area contributed by atoms with E-state index in [0.717, 1.165) is 12.0 Å². The van der Waals surface area contributed by atoms with Gasteiger partial charge in [-0.3, -0.25) is 4.79 Å². The van der Waals surface area contributed by atoms with E-state index in [-0.39, 0.29) is 12.4 Å². The van der Waals surface area contributed by atoms with Crippen molar-refractivity contribution < 1.29 is 9.53 Å². The van der Waals surface area contributed by atoms with Gasteiger partial charge in [0.2, 0.25) is 0 Å². The van der Waals surface area contributed by atoms with E-state index in [2.05, 4.69) is 19.1 Å². The van der Waals surface area contributed by atoms with Crippen LogP contribution >= 0.6 is 0 Å². The summed E-state index contributed by atoms with van der Waals surface area (Å²) in [5.41, 5.74) is 2.05. The molecule has 0 N–H and O–H groups in total. The van der Waals surface area contributed by atoms with Crippen LogP contribution in [-0.4, -0.2) is 19.5 Å². The molecule has 0 atom stereocenters. The molecule has 0 aromatic heterocycles. The maximum Gasteiger partial charge on any atom is 0.188 e. The number of carbonyl (C=O) groups is 1. The smallest absolute Gasteiger partial charge is 0.188 e. The highest BCUT2D eigenvalue weighted by molar-refractivity contribution is 5.97. The lowest BCUT2D eigenvalue weighted by molar-refractivity contribution is 0.0848. The average Bonchev–Trinajstić information content (AvgIpc) is 2.36. The number of ketones is 1. The van der Waals surface area contributed by atoms with Crippen LogP contribution in [0.25, 0.3) is 0 Å². The Hall–Kier alpha value is -1.15. The number of rotatable bonds is 8. The van der Waals surface area contributed by atoms with Crippen molar-refractivity contribution in [1.82, 2.24) is 0 Å². The molecule has 2 heteroatoms. The number of benzene rings is 1. The molecule has 0 heterocycles. The highest BCUT2D eigenvalue weighted by Crippen LogP contribution is 2.10. The Morgan fingerprint density at radius 1 is 1.12 bits per heavy atom. The summed E-state index contributed by atoms with van der Waals surface area (Å²) < 4.78 is 4.83. The summed E-state index contributed by atoms with van der Waals surface area (Å²) in [6, 6.07) is 7.90. The fourth-order valence-corrected chi connectivity index (χ4v) is 1.83. The molecule has 0 aliphatic rings. The largest absolute Gasteiger partial charge is 0.377 e. The second kappa shape index (κ2) is 8.02. The second-order valence-electron chi connectivity index (χ2n) is 4.36. The highest BCUT2D eigenvalue weighted by atomic mass is 16.5. The second-order valence-corrected chi connectivity index (χ2v) is 4.36. The standard InChI is InChI=1S/C15H22O2/c1-3-4-5-6-7-13-8-10-14(11-9-13)15(16)12-17-2/h8-11H,3-7,12H2,1-2H3. The van der Waals surface area contributed by atoms with Crippen molar-refractivity contribution in [3.63, 3.8) is 0 Å². The SMILES string of the molecule is CCCCCCc1ccc(C(=O)COC)cc1. The monoisotopic (exact) mass is 234 g/mol. The topological polar surface area (TPSA) is 26.3 Å². The van der Waals surface area contributed by atoms with Gasteiger partial charge >= 0.3 is 0 Å². The van der Waals surface area contributed by atoms with Crippen LogP contribution < -0.4 is 0 Å². The Bertz CT molecular complexity index is 327. The zero-order chi connectivity index (χ0) is 12.5. The van der Waals surface area contributed by atoms with Crippen LogP contribution in [0, 0.1) is 0 Å². The molecule has 0 fully saturated rings. The van der Waals surface area contributed by atoms with Gasteiger partial charge in [-0.25, -0.2) is 0 Å². The summed E-state index contributed by atoms with van der Waals surface area (Å²) >= 11 is 0. The number of Topliss-reactive ketones (excluding diaryl/α,β-unsaturated/α-hetero) is 1. The van der Waals surface area contributed by atoms with Gasteiger partial charge in [-0.05, 0) is 18.4 Å². The summed E-state index contributed by atoms with van der Waals surface area (Å²) in [6.07, 6.45) is 6.22. The zero-order valence-electron chi connectivity index (χ0n) is 10.9. The molecule has 94 valence electrons. The van der Waals surface area contributed by atoms with Crippen LogP contribution in [0.2, 0.25) is 0 Å². The van der Waals surface area contributed by atoms with Crippen molar-refractivity contribution in [3.05, 3.63) is 35.4 Å². The van der Waals surface area contributed by atoms with E-state index in [1.54, 1.807) is 7.11 Å². The highest BCUT2D eigenvalue weighted by Gasteiger charge is 2.04. The molecule has 2 nitrogen and oxygen atoms in total. The van der Waals surface area contributed by atoms with E-state index in [1.807, 2.05) is 12.1 Å². The third-order valence-electron chi connectivity index (χ3n) is 2.87. The Morgan fingerprint density at radius 2 is 1.82 bits per heavy atom. The number of methoxy groups -OCH3 is 1. The molecule has 1 aromatic rings. The first-order valence-electron chi connectivity index (χ1n) is 6.39. The van der Waals surface area contributed by atoms with Gasteiger partial charge in [0.15, 0.2) is 5.78 Å². The van der Waals surface area contributed by atoms with E-state index in [4.69, 9.17) is 4.74 Å². The normalized spacial score (nSPS) is 10.5. The lowest BCUT2D eigenvalue weighted by Crippen LogP contribution is -2.06. The van der Waals surface area contributed by atoms with Crippen molar-refractivity contribution in [3.8, 4) is 0 Å². The number of unbranched alkanes of at least 4 members (excludes halogenated alkanes) is 3.